The molecule has 1 saturated heterocycles. The average molecular weight is 560 g/mol. The van der Waals surface area contributed by atoms with Gasteiger partial charge in [-0.2, -0.15) is 0 Å². The molecule has 11 heteroatoms. The molecule has 1 N–H and O–H groups in total. The Hall–Kier alpha value is -4.64. The van der Waals surface area contributed by atoms with E-state index in [9.17, 15) is 10.1 Å². The Bertz CT molecular complexity index is 1590. The molecule has 0 spiro atoms. The van der Waals surface area contributed by atoms with E-state index in [0.29, 0.717) is 28.0 Å². The molecule has 0 bridgehead atoms. The largest absolute Gasteiger partial charge is 0.497 e. The van der Waals surface area contributed by atoms with Crippen molar-refractivity contribution in [3.63, 3.8) is 0 Å². The molecule has 5 rings (SSSR count). The summed E-state index contributed by atoms with van der Waals surface area (Å²) in [6, 6.07) is 17.4. The first-order valence-corrected chi connectivity index (χ1v) is 12.9. The van der Waals surface area contributed by atoms with Crippen LogP contribution in [0, 0.1) is 24.0 Å². The number of anilines is 1. The third-order valence-electron chi connectivity index (χ3n) is 7.15. The molecule has 1 fully saturated rings. The van der Waals surface area contributed by atoms with Crippen molar-refractivity contribution in [2.75, 3.05) is 26.2 Å². The second-order valence-corrected chi connectivity index (χ2v) is 9.70. The van der Waals surface area contributed by atoms with Crippen molar-refractivity contribution >= 4 is 28.7 Å². The summed E-state index contributed by atoms with van der Waals surface area (Å²) in [4.78, 5) is 17.9. The van der Waals surface area contributed by atoms with Gasteiger partial charge in [-0.25, -0.2) is 0 Å². The van der Waals surface area contributed by atoms with Crippen molar-refractivity contribution in [1.82, 2.24) is 14.9 Å². The van der Waals surface area contributed by atoms with E-state index in [-0.39, 0.29) is 17.8 Å². The number of methoxy groups -OCH3 is 3. The van der Waals surface area contributed by atoms with Gasteiger partial charge in [0.15, 0.2) is 5.11 Å². The summed E-state index contributed by atoms with van der Waals surface area (Å²) < 4.78 is 18.8. The van der Waals surface area contributed by atoms with Gasteiger partial charge in [0.05, 0.1) is 55.4 Å². The smallest absolute Gasteiger partial charge is 0.271 e. The van der Waals surface area contributed by atoms with Crippen LogP contribution in [0.25, 0.3) is 5.69 Å². The summed E-state index contributed by atoms with van der Waals surface area (Å²) in [7, 11) is 4.76. The number of aryl methyl sites for hydroxylation is 1. The van der Waals surface area contributed by atoms with Crippen LogP contribution in [-0.4, -0.2) is 40.9 Å². The van der Waals surface area contributed by atoms with E-state index >= 15 is 0 Å². The second kappa shape index (κ2) is 10.9. The fourth-order valence-corrected chi connectivity index (χ4v) is 5.68. The molecule has 2 atom stereocenters. The molecule has 4 aromatic rings. The molecule has 3 heterocycles. The Morgan fingerprint density at radius 1 is 0.950 bits per heavy atom. The van der Waals surface area contributed by atoms with Gasteiger partial charge in [0.1, 0.15) is 17.2 Å². The Morgan fingerprint density at radius 3 is 2.38 bits per heavy atom. The zero-order chi connectivity index (χ0) is 28.6. The first-order chi connectivity index (χ1) is 19.3. The van der Waals surface area contributed by atoms with E-state index in [1.165, 1.54) is 12.1 Å². The Kier molecular flexibility index (Phi) is 7.31. The first kappa shape index (κ1) is 26.9. The molecule has 2 unspecified atom stereocenters. The van der Waals surface area contributed by atoms with E-state index in [1.807, 2.05) is 59.7 Å². The molecule has 206 valence electrons. The zero-order valence-electron chi connectivity index (χ0n) is 22.7. The molecule has 40 heavy (non-hydrogen) atoms. The van der Waals surface area contributed by atoms with E-state index in [2.05, 4.69) is 16.4 Å². The van der Waals surface area contributed by atoms with Gasteiger partial charge in [-0.1, -0.05) is 6.07 Å². The van der Waals surface area contributed by atoms with Gasteiger partial charge in [-0.05, 0) is 68.0 Å². The summed E-state index contributed by atoms with van der Waals surface area (Å²) in [5.74, 6) is 1.78. The van der Waals surface area contributed by atoms with Gasteiger partial charge in [0.25, 0.3) is 5.69 Å². The number of hydrogen-bond donors (Lipinski definition) is 1. The summed E-state index contributed by atoms with van der Waals surface area (Å²) in [6.45, 7) is 3.95. The summed E-state index contributed by atoms with van der Waals surface area (Å²) in [6.07, 6.45) is 1.75. The highest BCUT2D eigenvalue weighted by atomic mass is 32.1. The molecule has 0 aliphatic carbocycles. The number of aromatic nitrogens is 2. The van der Waals surface area contributed by atoms with Gasteiger partial charge in [-0.3, -0.25) is 15.1 Å². The van der Waals surface area contributed by atoms with Crippen molar-refractivity contribution in [1.29, 1.82) is 0 Å². The summed E-state index contributed by atoms with van der Waals surface area (Å²) >= 11 is 5.91. The molecule has 0 radical (unpaired) electrons. The summed E-state index contributed by atoms with van der Waals surface area (Å²) in [5, 5.41) is 15.6. The zero-order valence-corrected chi connectivity index (χ0v) is 23.6. The van der Waals surface area contributed by atoms with Crippen molar-refractivity contribution in [3.05, 3.63) is 99.6 Å². The molecular formula is C29H29N5O5S. The maximum absolute atomic E-state index is 11.6. The lowest BCUT2D eigenvalue weighted by Crippen LogP contribution is -2.30. The van der Waals surface area contributed by atoms with Crippen LogP contribution < -0.4 is 24.4 Å². The number of hydrogen-bond acceptors (Lipinski definition) is 7. The number of ether oxygens (including phenoxy) is 3. The number of nitrogens with zero attached hydrogens (tertiary/aromatic N) is 4. The van der Waals surface area contributed by atoms with Gasteiger partial charge in [0, 0.05) is 35.8 Å². The predicted molar refractivity (Wildman–Crippen MR) is 156 cm³/mol. The minimum Gasteiger partial charge on any atom is -0.497 e. The van der Waals surface area contributed by atoms with Crippen LogP contribution in [0.4, 0.5) is 11.4 Å². The van der Waals surface area contributed by atoms with E-state index in [4.69, 9.17) is 26.4 Å². The highest BCUT2D eigenvalue weighted by Crippen LogP contribution is 2.47. The van der Waals surface area contributed by atoms with E-state index < -0.39 is 4.92 Å². The number of pyridine rings is 1. The highest BCUT2D eigenvalue weighted by molar-refractivity contribution is 7.80. The Labute approximate surface area is 237 Å². The maximum Gasteiger partial charge on any atom is 0.271 e. The van der Waals surface area contributed by atoms with E-state index in [0.717, 1.165) is 28.3 Å². The van der Waals surface area contributed by atoms with Crippen LogP contribution in [0.1, 0.15) is 34.7 Å². The van der Waals surface area contributed by atoms with Crippen molar-refractivity contribution in [3.8, 4) is 22.9 Å². The van der Waals surface area contributed by atoms with Crippen LogP contribution in [-0.2, 0) is 0 Å². The Balaban J connectivity index is 1.73. The number of thiocarbonyl (C=S) groups is 1. The number of nitro groups is 1. The average Bonchev–Trinajstić information content (AvgIpc) is 3.46. The van der Waals surface area contributed by atoms with Crippen molar-refractivity contribution in [2.45, 2.75) is 25.9 Å². The second-order valence-electron chi connectivity index (χ2n) is 9.31. The van der Waals surface area contributed by atoms with Gasteiger partial charge in [-0.15, -0.1) is 0 Å². The Morgan fingerprint density at radius 2 is 1.73 bits per heavy atom. The standard InChI is InChI=1S/C29H29N5O5S/c1-17-14-21(18(2)32(17)24-15-19(34(35)36)9-12-25(24)38-4)28-27(22-8-6-7-13-30-22)31-29(40)33(28)23-11-10-20(37-3)16-26(23)39-5/h6-16,27-28H,1-5H3,(H,31,40). The first-order valence-electron chi connectivity index (χ1n) is 12.5. The number of benzene rings is 2. The molecule has 1 aliphatic rings. The lowest BCUT2D eigenvalue weighted by molar-refractivity contribution is -0.384. The molecule has 0 saturated carbocycles. The lowest BCUT2D eigenvalue weighted by Gasteiger charge is -2.29. The lowest BCUT2D eigenvalue weighted by atomic mass is 9.96. The van der Waals surface area contributed by atoms with Gasteiger partial charge in [0.2, 0.25) is 0 Å². The topological polar surface area (TPSA) is 104 Å². The fourth-order valence-electron chi connectivity index (χ4n) is 5.34. The number of nitrogens with one attached hydrogen (secondary N) is 1. The third-order valence-corrected chi connectivity index (χ3v) is 7.46. The van der Waals surface area contributed by atoms with E-state index in [1.54, 1.807) is 33.6 Å². The summed E-state index contributed by atoms with van der Waals surface area (Å²) in [5.41, 5.74) is 4.87. The van der Waals surface area contributed by atoms with Crippen LogP contribution in [0.3, 0.4) is 0 Å². The molecular weight excluding hydrogens is 530 g/mol. The highest BCUT2D eigenvalue weighted by Gasteiger charge is 2.43. The van der Waals surface area contributed by atoms with Crippen molar-refractivity contribution < 1.29 is 19.1 Å². The van der Waals surface area contributed by atoms with Crippen LogP contribution in [0.15, 0.2) is 66.9 Å². The molecule has 2 aromatic heterocycles. The van der Waals surface area contributed by atoms with Gasteiger partial charge >= 0.3 is 0 Å². The predicted octanol–water partition coefficient (Wildman–Crippen LogP) is 5.60. The normalized spacial score (nSPS) is 16.5. The molecule has 10 nitrogen and oxygen atoms in total. The van der Waals surface area contributed by atoms with Crippen LogP contribution in [0.5, 0.6) is 17.2 Å². The monoisotopic (exact) mass is 559 g/mol. The fraction of sp³-hybridized carbons (Fsp3) is 0.241. The van der Waals surface area contributed by atoms with Crippen molar-refractivity contribution in [2.24, 2.45) is 0 Å². The number of nitro benzene ring substituents is 1. The number of non-ortho nitro benzene ring substituents is 1. The third kappa shape index (κ3) is 4.58. The minimum absolute atomic E-state index is 0.0236. The van der Waals surface area contributed by atoms with Crippen LogP contribution >= 0.6 is 12.2 Å². The van der Waals surface area contributed by atoms with Crippen LogP contribution in [0.2, 0.25) is 0 Å². The maximum atomic E-state index is 11.6. The molecule has 1 aliphatic heterocycles. The SMILES string of the molecule is COc1ccc(N2C(=S)NC(c3ccccn3)C2c2cc(C)n(-c3cc([N+](=O)[O-])ccc3OC)c2C)c(OC)c1. The minimum atomic E-state index is -0.411. The number of rotatable bonds is 8. The quantitative estimate of drug-likeness (QED) is 0.168. The van der Waals surface area contributed by atoms with Gasteiger partial charge < -0.3 is 29.0 Å². The molecule has 0 amide bonds. The molecule has 2 aromatic carbocycles.